The van der Waals surface area contributed by atoms with E-state index in [2.05, 4.69) is 15.9 Å². The lowest BCUT2D eigenvalue weighted by atomic mass is 9.87. The summed E-state index contributed by atoms with van der Waals surface area (Å²) in [5.41, 5.74) is 8.63. The van der Waals surface area contributed by atoms with Gasteiger partial charge in [0.05, 0.1) is 0 Å². The maximum atomic E-state index is 6.18. The Morgan fingerprint density at radius 1 is 1.31 bits per heavy atom. The van der Waals surface area contributed by atoms with Crippen molar-refractivity contribution >= 4 is 15.9 Å². The largest absolute Gasteiger partial charge is 0.486 e. The third kappa shape index (κ3) is 1.52. The first-order chi connectivity index (χ1) is 7.77. The van der Waals surface area contributed by atoms with Crippen molar-refractivity contribution < 1.29 is 9.47 Å². The Morgan fingerprint density at radius 3 is 3.00 bits per heavy atom. The van der Waals surface area contributed by atoms with E-state index in [0.29, 0.717) is 13.2 Å². The van der Waals surface area contributed by atoms with Crippen molar-refractivity contribution in [2.24, 2.45) is 5.73 Å². The topological polar surface area (TPSA) is 44.5 Å². The van der Waals surface area contributed by atoms with Crippen molar-refractivity contribution in [1.82, 2.24) is 0 Å². The Bertz CT molecular complexity index is 434. The van der Waals surface area contributed by atoms with Gasteiger partial charge in [0.25, 0.3) is 0 Å². The van der Waals surface area contributed by atoms with Crippen LogP contribution in [0, 0.1) is 0 Å². The van der Waals surface area contributed by atoms with Crippen LogP contribution in [-0.2, 0) is 6.42 Å². The van der Waals surface area contributed by atoms with Crippen LogP contribution in [0.3, 0.4) is 0 Å². The third-order valence-electron chi connectivity index (χ3n) is 3.24. The summed E-state index contributed by atoms with van der Waals surface area (Å²) in [6.45, 7) is 1.24. The fourth-order valence-corrected chi connectivity index (χ4v) is 3.13. The van der Waals surface area contributed by atoms with Crippen molar-refractivity contribution in [3.8, 4) is 11.5 Å². The first kappa shape index (κ1) is 10.4. The molecule has 3 rings (SSSR count). The lowest BCUT2D eigenvalue weighted by Crippen LogP contribution is -2.23. The summed E-state index contributed by atoms with van der Waals surface area (Å²) in [5.74, 6) is 1.70. The molecule has 86 valence electrons. The highest BCUT2D eigenvalue weighted by Crippen LogP contribution is 2.45. The van der Waals surface area contributed by atoms with E-state index >= 15 is 0 Å². The highest BCUT2D eigenvalue weighted by atomic mass is 79.9. The van der Waals surface area contributed by atoms with Crippen molar-refractivity contribution in [2.45, 2.75) is 25.3 Å². The Kier molecular flexibility index (Phi) is 2.56. The Morgan fingerprint density at radius 2 is 2.12 bits per heavy atom. The molecule has 1 aromatic rings. The summed E-state index contributed by atoms with van der Waals surface area (Å²) < 4.78 is 12.4. The van der Waals surface area contributed by atoms with Crippen molar-refractivity contribution in [3.63, 3.8) is 0 Å². The van der Waals surface area contributed by atoms with Gasteiger partial charge in [0, 0.05) is 16.1 Å². The number of nitrogens with two attached hydrogens (primary N) is 1. The van der Waals surface area contributed by atoms with Gasteiger partial charge in [-0.3, -0.25) is 0 Å². The molecular weight excluding hydrogens is 270 g/mol. The molecule has 3 nitrogen and oxygen atoms in total. The number of benzene rings is 1. The second-order valence-electron chi connectivity index (χ2n) is 4.27. The van der Waals surface area contributed by atoms with Gasteiger partial charge >= 0.3 is 0 Å². The molecule has 2 aliphatic rings. The van der Waals surface area contributed by atoms with E-state index in [0.717, 1.165) is 40.8 Å². The second-order valence-corrected chi connectivity index (χ2v) is 5.13. The van der Waals surface area contributed by atoms with Crippen LogP contribution in [0.1, 0.15) is 30.0 Å². The van der Waals surface area contributed by atoms with E-state index in [4.69, 9.17) is 15.2 Å². The summed E-state index contributed by atoms with van der Waals surface area (Å²) in [5, 5.41) is 0. The van der Waals surface area contributed by atoms with E-state index in [1.54, 1.807) is 0 Å². The van der Waals surface area contributed by atoms with E-state index in [-0.39, 0.29) is 6.04 Å². The lowest BCUT2D eigenvalue weighted by molar-refractivity contribution is 0.168. The van der Waals surface area contributed by atoms with E-state index in [1.807, 2.05) is 6.07 Å². The molecule has 0 saturated carbocycles. The van der Waals surface area contributed by atoms with E-state index in [1.165, 1.54) is 5.56 Å². The highest BCUT2D eigenvalue weighted by molar-refractivity contribution is 9.10. The molecule has 1 aromatic carbocycles. The Hall–Kier alpha value is -0.740. The van der Waals surface area contributed by atoms with Crippen LogP contribution < -0.4 is 15.2 Å². The summed E-state index contributed by atoms with van der Waals surface area (Å²) >= 11 is 3.60. The number of fused-ring (bicyclic) bond motifs is 3. The number of hydrogen-bond acceptors (Lipinski definition) is 3. The molecular formula is C12H14BrNO2. The number of halogens is 1. The second kappa shape index (κ2) is 3.93. The zero-order chi connectivity index (χ0) is 11.1. The first-order valence-corrected chi connectivity index (χ1v) is 6.43. The van der Waals surface area contributed by atoms with Gasteiger partial charge in [-0.2, -0.15) is 0 Å². The predicted octanol–water partition coefficient (Wildman–Crippen LogP) is 2.56. The number of rotatable bonds is 0. The molecule has 1 aliphatic heterocycles. The first-order valence-electron chi connectivity index (χ1n) is 5.64. The van der Waals surface area contributed by atoms with Gasteiger partial charge in [0.2, 0.25) is 0 Å². The van der Waals surface area contributed by atoms with Crippen molar-refractivity contribution in [2.75, 3.05) is 13.2 Å². The van der Waals surface area contributed by atoms with Crippen molar-refractivity contribution in [3.05, 3.63) is 21.7 Å². The van der Waals surface area contributed by atoms with E-state index < -0.39 is 0 Å². The lowest BCUT2D eigenvalue weighted by Gasteiger charge is -2.29. The zero-order valence-electron chi connectivity index (χ0n) is 8.96. The van der Waals surface area contributed by atoms with Gasteiger partial charge < -0.3 is 15.2 Å². The standard InChI is InChI=1S/C12H14BrNO2/c13-8-6-10-12(16-5-4-15-10)11-7(8)2-1-3-9(11)14/h6,9H,1-5,14H2/t9-/m1/s1. The number of ether oxygens (including phenoxy) is 2. The number of hydrogen-bond donors (Lipinski definition) is 1. The molecule has 0 bridgehead atoms. The van der Waals surface area contributed by atoms with Crippen LogP contribution >= 0.6 is 15.9 Å². The highest BCUT2D eigenvalue weighted by Gasteiger charge is 2.28. The van der Waals surface area contributed by atoms with Gasteiger partial charge in [-0.1, -0.05) is 15.9 Å². The van der Waals surface area contributed by atoms with Gasteiger partial charge in [-0.15, -0.1) is 0 Å². The minimum absolute atomic E-state index is 0.0803. The molecule has 2 N–H and O–H groups in total. The minimum Gasteiger partial charge on any atom is -0.486 e. The molecule has 1 aliphatic carbocycles. The molecule has 4 heteroatoms. The SMILES string of the molecule is N[C@@H]1CCCc2c(Br)cc3c(c21)OCCO3. The average Bonchev–Trinajstić information content (AvgIpc) is 2.30. The summed E-state index contributed by atoms with van der Waals surface area (Å²) in [7, 11) is 0. The third-order valence-corrected chi connectivity index (χ3v) is 3.95. The minimum atomic E-state index is 0.0803. The van der Waals surface area contributed by atoms with Crippen LogP contribution in [0.2, 0.25) is 0 Å². The molecule has 0 fully saturated rings. The van der Waals surface area contributed by atoms with Crippen LogP contribution in [-0.4, -0.2) is 13.2 Å². The fourth-order valence-electron chi connectivity index (χ4n) is 2.51. The Labute approximate surface area is 103 Å². The Balaban J connectivity index is 2.21. The van der Waals surface area contributed by atoms with E-state index in [9.17, 15) is 0 Å². The molecule has 0 spiro atoms. The molecule has 1 heterocycles. The summed E-state index contributed by atoms with van der Waals surface area (Å²) in [6.07, 6.45) is 3.24. The molecule has 0 amide bonds. The van der Waals surface area contributed by atoms with Crippen LogP contribution in [0.4, 0.5) is 0 Å². The van der Waals surface area contributed by atoms with Crippen LogP contribution in [0.25, 0.3) is 0 Å². The maximum absolute atomic E-state index is 6.18. The smallest absolute Gasteiger partial charge is 0.166 e. The van der Waals surface area contributed by atoms with Crippen LogP contribution in [0.15, 0.2) is 10.5 Å². The molecule has 0 unspecified atom stereocenters. The molecule has 0 aromatic heterocycles. The van der Waals surface area contributed by atoms with Gasteiger partial charge in [0.15, 0.2) is 11.5 Å². The van der Waals surface area contributed by atoms with Crippen LogP contribution in [0.5, 0.6) is 11.5 Å². The zero-order valence-corrected chi connectivity index (χ0v) is 10.5. The molecule has 16 heavy (non-hydrogen) atoms. The summed E-state index contributed by atoms with van der Waals surface area (Å²) in [6, 6.07) is 2.09. The monoisotopic (exact) mass is 283 g/mol. The van der Waals surface area contributed by atoms with Gasteiger partial charge in [-0.05, 0) is 30.9 Å². The van der Waals surface area contributed by atoms with Gasteiger partial charge in [-0.25, -0.2) is 0 Å². The van der Waals surface area contributed by atoms with Gasteiger partial charge in [0.1, 0.15) is 13.2 Å². The normalized spacial score (nSPS) is 22.8. The fraction of sp³-hybridized carbons (Fsp3) is 0.500. The molecule has 1 atom stereocenters. The van der Waals surface area contributed by atoms with Crippen molar-refractivity contribution in [1.29, 1.82) is 0 Å². The predicted molar refractivity (Wildman–Crippen MR) is 65.0 cm³/mol. The molecule has 0 radical (unpaired) electrons. The summed E-state index contributed by atoms with van der Waals surface area (Å²) in [4.78, 5) is 0. The molecule has 0 saturated heterocycles. The quantitative estimate of drug-likeness (QED) is 0.796. The maximum Gasteiger partial charge on any atom is 0.166 e. The average molecular weight is 284 g/mol.